The molecule has 1 atom stereocenters. The normalized spacial score (nSPS) is 11.7. The molecule has 1 unspecified atom stereocenters. The van der Waals surface area contributed by atoms with Crippen LogP contribution >= 0.6 is 24.0 Å². The third-order valence-corrected chi connectivity index (χ3v) is 4.18. The number of hydrogen-bond acceptors (Lipinski definition) is 3. The van der Waals surface area contributed by atoms with Crippen molar-refractivity contribution in [2.75, 3.05) is 33.4 Å². The first-order valence-electron chi connectivity index (χ1n) is 9.02. The number of aliphatic hydroxyl groups is 1. The van der Waals surface area contributed by atoms with Crippen molar-refractivity contribution in [1.29, 1.82) is 0 Å². The molecule has 0 saturated heterocycles. The summed E-state index contributed by atoms with van der Waals surface area (Å²) in [5.41, 5.74) is 2.30. The van der Waals surface area contributed by atoms with Crippen molar-refractivity contribution < 1.29 is 9.84 Å². The van der Waals surface area contributed by atoms with E-state index in [0.717, 1.165) is 30.2 Å². The zero-order valence-electron chi connectivity index (χ0n) is 16.1. The third-order valence-electron chi connectivity index (χ3n) is 4.18. The molecule has 0 aliphatic heterocycles. The molecule has 5 nitrogen and oxygen atoms in total. The zero-order valence-corrected chi connectivity index (χ0v) is 18.4. The minimum atomic E-state index is 0. The minimum Gasteiger partial charge on any atom is -0.481 e. The van der Waals surface area contributed by atoms with Crippen LogP contribution < -0.4 is 15.4 Å². The highest BCUT2D eigenvalue weighted by atomic mass is 127. The fourth-order valence-corrected chi connectivity index (χ4v) is 2.66. The van der Waals surface area contributed by atoms with Gasteiger partial charge in [0.25, 0.3) is 0 Å². The topological polar surface area (TPSA) is 65.9 Å². The van der Waals surface area contributed by atoms with Gasteiger partial charge in [0.2, 0.25) is 0 Å². The van der Waals surface area contributed by atoms with Crippen molar-refractivity contribution in [2.24, 2.45) is 4.99 Å². The average Bonchev–Trinajstić information content (AvgIpc) is 2.73. The van der Waals surface area contributed by atoms with Gasteiger partial charge in [-0.05, 0) is 29.7 Å². The standard InChI is InChI=1S/C22H27N3O2.HI/c1-3-15-27-21-11-9-18(10-12-21)13-14-24-22(23-2)25-16-20(17-26)19-7-5-4-6-8-19;/h1,4-12,20,26H,13-17H2,2H3,(H2,23,24,25);1H. The maximum atomic E-state index is 9.64. The summed E-state index contributed by atoms with van der Waals surface area (Å²) < 4.78 is 5.37. The van der Waals surface area contributed by atoms with E-state index < -0.39 is 0 Å². The Kier molecular flexibility index (Phi) is 11.8. The van der Waals surface area contributed by atoms with E-state index >= 15 is 0 Å². The molecule has 0 bridgehead atoms. The van der Waals surface area contributed by atoms with Gasteiger partial charge >= 0.3 is 0 Å². The molecule has 2 aromatic rings. The Labute approximate surface area is 184 Å². The molecular weight excluding hydrogens is 465 g/mol. The molecule has 0 radical (unpaired) electrons. The van der Waals surface area contributed by atoms with Crippen molar-refractivity contribution >= 4 is 29.9 Å². The molecule has 6 heteroatoms. The van der Waals surface area contributed by atoms with Crippen molar-refractivity contribution in [3.63, 3.8) is 0 Å². The van der Waals surface area contributed by atoms with Gasteiger partial charge in [-0.1, -0.05) is 48.4 Å². The van der Waals surface area contributed by atoms with E-state index in [0.29, 0.717) is 6.54 Å². The van der Waals surface area contributed by atoms with Gasteiger partial charge in [-0.15, -0.1) is 30.4 Å². The van der Waals surface area contributed by atoms with Gasteiger partial charge in [0.05, 0.1) is 6.61 Å². The molecule has 3 N–H and O–H groups in total. The van der Waals surface area contributed by atoms with Gasteiger partial charge in [0.1, 0.15) is 12.4 Å². The number of terminal acetylenes is 1. The summed E-state index contributed by atoms with van der Waals surface area (Å²) in [6.07, 6.45) is 6.04. The molecule has 0 aliphatic rings. The lowest BCUT2D eigenvalue weighted by atomic mass is 10.0. The summed E-state index contributed by atoms with van der Waals surface area (Å²) in [6.45, 7) is 1.73. The molecule has 2 aromatic carbocycles. The van der Waals surface area contributed by atoms with Crippen LogP contribution in [0.2, 0.25) is 0 Å². The predicted molar refractivity (Wildman–Crippen MR) is 126 cm³/mol. The Morgan fingerprint density at radius 1 is 1.14 bits per heavy atom. The van der Waals surface area contributed by atoms with Crippen LogP contribution in [0.4, 0.5) is 0 Å². The van der Waals surface area contributed by atoms with Gasteiger partial charge in [-0.25, -0.2) is 0 Å². The molecule has 0 aromatic heterocycles. The van der Waals surface area contributed by atoms with E-state index in [2.05, 4.69) is 21.5 Å². The summed E-state index contributed by atoms with van der Waals surface area (Å²) in [4.78, 5) is 4.24. The highest BCUT2D eigenvalue weighted by Gasteiger charge is 2.10. The second-order valence-corrected chi connectivity index (χ2v) is 6.06. The number of ether oxygens (including phenoxy) is 1. The number of hydrogen-bond donors (Lipinski definition) is 3. The molecule has 0 amide bonds. The van der Waals surface area contributed by atoms with Crippen LogP contribution in [0.15, 0.2) is 59.6 Å². The van der Waals surface area contributed by atoms with Crippen molar-refractivity contribution in [3.8, 4) is 18.1 Å². The van der Waals surface area contributed by atoms with Crippen LogP contribution in [0.1, 0.15) is 17.0 Å². The smallest absolute Gasteiger partial charge is 0.191 e. The van der Waals surface area contributed by atoms with Gasteiger partial charge in [-0.2, -0.15) is 0 Å². The minimum absolute atomic E-state index is 0. The highest BCUT2D eigenvalue weighted by molar-refractivity contribution is 14.0. The summed E-state index contributed by atoms with van der Waals surface area (Å²) in [5.74, 6) is 3.98. The van der Waals surface area contributed by atoms with Crippen LogP contribution in [-0.2, 0) is 6.42 Å². The van der Waals surface area contributed by atoms with Crippen LogP contribution in [0, 0.1) is 12.3 Å². The van der Waals surface area contributed by atoms with E-state index in [9.17, 15) is 5.11 Å². The van der Waals surface area contributed by atoms with E-state index in [1.54, 1.807) is 7.05 Å². The maximum absolute atomic E-state index is 9.64. The van der Waals surface area contributed by atoms with E-state index in [1.807, 2.05) is 54.6 Å². The van der Waals surface area contributed by atoms with Crippen LogP contribution in [-0.4, -0.2) is 44.4 Å². The summed E-state index contributed by atoms with van der Waals surface area (Å²) in [7, 11) is 1.74. The first-order chi connectivity index (χ1) is 13.3. The Balaban J connectivity index is 0.00000392. The largest absolute Gasteiger partial charge is 0.481 e. The SMILES string of the molecule is C#CCOc1ccc(CCNC(=NC)NCC(CO)c2ccccc2)cc1.I. The third kappa shape index (κ3) is 8.19. The number of halogens is 1. The zero-order chi connectivity index (χ0) is 19.3. The Morgan fingerprint density at radius 2 is 1.86 bits per heavy atom. The van der Waals surface area contributed by atoms with Gasteiger partial charge < -0.3 is 20.5 Å². The monoisotopic (exact) mass is 493 g/mol. The second-order valence-electron chi connectivity index (χ2n) is 6.06. The highest BCUT2D eigenvalue weighted by Crippen LogP contribution is 2.14. The van der Waals surface area contributed by atoms with E-state index in [1.165, 1.54) is 5.56 Å². The molecule has 0 saturated carbocycles. The summed E-state index contributed by atoms with van der Waals surface area (Å²) >= 11 is 0. The lowest BCUT2D eigenvalue weighted by Crippen LogP contribution is -2.40. The Bertz CT molecular complexity index is 743. The number of nitrogens with zero attached hydrogens (tertiary/aromatic N) is 1. The molecule has 0 aliphatic carbocycles. The average molecular weight is 493 g/mol. The number of aliphatic imine (C=N–C) groups is 1. The molecule has 0 spiro atoms. The molecule has 0 fully saturated rings. The summed E-state index contributed by atoms with van der Waals surface area (Å²) in [5, 5.41) is 16.2. The van der Waals surface area contributed by atoms with Crippen molar-refractivity contribution in [3.05, 3.63) is 65.7 Å². The first kappa shape index (κ1) is 23.8. The predicted octanol–water partition coefficient (Wildman–Crippen LogP) is 2.80. The van der Waals surface area contributed by atoms with E-state index in [-0.39, 0.29) is 43.1 Å². The number of rotatable bonds is 9. The number of guanidine groups is 1. The molecule has 28 heavy (non-hydrogen) atoms. The molecule has 150 valence electrons. The van der Waals surface area contributed by atoms with Crippen molar-refractivity contribution in [2.45, 2.75) is 12.3 Å². The summed E-state index contributed by atoms with van der Waals surface area (Å²) in [6, 6.07) is 17.9. The van der Waals surface area contributed by atoms with Gasteiger partial charge in [-0.3, -0.25) is 4.99 Å². The number of benzene rings is 2. The second kappa shape index (κ2) is 13.9. The fourth-order valence-electron chi connectivity index (χ4n) is 2.66. The number of aliphatic hydroxyl groups excluding tert-OH is 1. The maximum Gasteiger partial charge on any atom is 0.191 e. The van der Waals surface area contributed by atoms with Crippen LogP contribution in [0.25, 0.3) is 0 Å². The van der Waals surface area contributed by atoms with E-state index in [4.69, 9.17) is 11.2 Å². The Morgan fingerprint density at radius 3 is 2.46 bits per heavy atom. The van der Waals surface area contributed by atoms with Crippen molar-refractivity contribution in [1.82, 2.24) is 10.6 Å². The van der Waals surface area contributed by atoms with Gasteiger partial charge in [0, 0.05) is 26.1 Å². The lowest BCUT2D eigenvalue weighted by molar-refractivity contribution is 0.265. The van der Waals surface area contributed by atoms with Gasteiger partial charge in [0.15, 0.2) is 5.96 Å². The quantitative estimate of drug-likeness (QED) is 0.218. The lowest BCUT2D eigenvalue weighted by Gasteiger charge is -2.18. The first-order valence-corrected chi connectivity index (χ1v) is 9.02. The molecular formula is C22H28IN3O2. The molecule has 2 rings (SSSR count). The Hall–Kier alpha value is -2.24. The number of nitrogens with one attached hydrogen (secondary N) is 2. The van der Waals surface area contributed by atoms with Crippen LogP contribution in [0.3, 0.4) is 0 Å². The van der Waals surface area contributed by atoms with Crippen LogP contribution in [0.5, 0.6) is 5.75 Å². The molecule has 0 heterocycles. The fraction of sp³-hybridized carbons (Fsp3) is 0.318.